The van der Waals surface area contributed by atoms with E-state index in [0.717, 1.165) is 0 Å². The summed E-state index contributed by atoms with van der Waals surface area (Å²) >= 11 is 0. The van der Waals surface area contributed by atoms with Crippen LogP contribution in [0.5, 0.6) is 0 Å². The van der Waals surface area contributed by atoms with Crippen LogP contribution in [0.3, 0.4) is 0 Å². The van der Waals surface area contributed by atoms with Crippen molar-refractivity contribution in [2.45, 2.75) is 20.3 Å². The van der Waals surface area contributed by atoms with Crippen molar-refractivity contribution in [3.63, 3.8) is 0 Å². The largest absolute Gasteiger partial charge is 0.316 e. The molecule has 2 aliphatic rings. The van der Waals surface area contributed by atoms with E-state index in [-0.39, 0.29) is 12.4 Å². The van der Waals surface area contributed by atoms with Gasteiger partial charge in [0.05, 0.1) is 0 Å². The zero-order valence-corrected chi connectivity index (χ0v) is 8.76. The van der Waals surface area contributed by atoms with E-state index in [1.165, 1.54) is 32.6 Å². The molecule has 2 fully saturated rings. The van der Waals surface area contributed by atoms with Crippen molar-refractivity contribution < 1.29 is 0 Å². The minimum atomic E-state index is 0. The number of nitrogens with one attached hydrogen (secondary N) is 2. The maximum Gasteiger partial charge on any atom is 0.00178 e. The van der Waals surface area contributed by atoms with Gasteiger partial charge >= 0.3 is 0 Å². The fraction of sp³-hybridized carbons (Fsp3) is 1.00. The second-order valence-electron chi connectivity index (χ2n) is 5.01. The molecule has 0 radical (unpaired) electrons. The number of rotatable bonds is 0. The summed E-state index contributed by atoms with van der Waals surface area (Å²) in [5.41, 5.74) is 1.04. The van der Waals surface area contributed by atoms with Crippen LogP contribution >= 0.6 is 12.4 Å². The van der Waals surface area contributed by atoms with E-state index in [4.69, 9.17) is 0 Å². The Labute approximate surface area is 80.9 Å². The van der Waals surface area contributed by atoms with Crippen LogP contribution in [-0.4, -0.2) is 26.2 Å². The van der Waals surface area contributed by atoms with Gasteiger partial charge in [0.15, 0.2) is 0 Å². The molecule has 0 aromatic carbocycles. The Hall–Kier alpha value is 0.210. The second kappa shape index (κ2) is 3.17. The minimum absolute atomic E-state index is 0. The quantitative estimate of drug-likeness (QED) is 0.596. The lowest BCUT2D eigenvalue weighted by molar-refractivity contribution is 0.0615. The van der Waals surface area contributed by atoms with Gasteiger partial charge in [0.25, 0.3) is 0 Å². The Morgan fingerprint density at radius 3 is 1.42 bits per heavy atom. The first-order chi connectivity index (χ1) is 5.12. The molecule has 0 amide bonds. The summed E-state index contributed by atoms with van der Waals surface area (Å²) in [5.74, 6) is 0. The van der Waals surface area contributed by atoms with Crippen molar-refractivity contribution in [3.05, 3.63) is 0 Å². The van der Waals surface area contributed by atoms with Gasteiger partial charge in [0.2, 0.25) is 0 Å². The first-order valence-corrected chi connectivity index (χ1v) is 4.54. The fourth-order valence-electron chi connectivity index (χ4n) is 2.74. The molecule has 2 nitrogen and oxygen atoms in total. The molecule has 72 valence electrons. The van der Waals surface area contributed by atoms with Crippen molar-refractivity contribution >= 4 is 12.4 Å². The maximum absolute atomic E-state index is 3.53. The van der Waals surface area contributed by atoms with Crippen LogP contribution in [-0.2, 0) is 0 Å². The third-order valence-electron chi connectivity index (χ3n) is 3.06. The van der Waals surface area contributed by atoms with Gasteiger partial charge in [0, 0.05) is 26.2 Å². The maximum atomic E-state index is 3.53. The van der Waals surface area contributed by atoms with Gasteiger partial charge in [-0.05, 0) is 17.3 Å². The summed E-state index contributed by atoms with van der Waals surface area (Å²) in [6.45, 7) is 9.52. The fourth-order valence-corrected chi connectivity index (χ4v) is 2.74. The highest BCUT2D eigenvalue weighted by molar-refractivity contribution is 5.85. The molecule has 0 aromatic rings. The number of piperidine rings is 2. The van der Waals surface area contributed by atoms with E-state index in [2.05, 4.69) is 24.5 Å². The van der Waals surface area contributed by atoms with E-state index in [1.54, 1.807) is 0 Å². The zero-order chi connectivity index (χ0) is 7.95. The first kappa shape index (κ1) is 10.3. The third kappa shape index (κ3) is 1.76. The highest BCUT2D eigenvalue weighted by Crippen LogP contribution is 2.38. The lowest BCUT2D eigenvalue weighted by atomic mass is 9.67. The predicted octanol–water partition coefficient (Wildman–Crippen LogP) is 1.02. The van der Waals surface area contributed by atoms with E-state index in [1.807, 2.05) is 0 Å². The van der Waals surface area contributed by atoms with Crippen LogP contribution in [0.1, 0.15) is 20.3 Å². The Morgan fingerprint density at radius 2 is 1.17 bits per heavy atom. The average Bonchev–Trinajstić information content (AvgIpc) is 1.83. The van der Waals surface area contributed by atoms with E-state index in [0.29, 0.717) is 10.8 Å². The molecule has 0 spiro atoms. The van der Waals surface area contributed by atoms with Crippen molar-refractivity contribution in [2.75, 3.05) is 26.2 Å². The van der Waals surface area contributed by atoms with Crippen molar-refractivity contribution in [2.24, 2.45) is 10.8 Å². The summed E-state index contributed by atoms with van der Waals surface area (Å²) < 4.78 is 0. The molecule has 0 atom stereocenters. The third-order valence-corrected chi connectivity index (χ3v) is 3.06. The first-order valence-electron chi connectivity index (χ1n) is 4.54. The highest BCUT2D eigenvalue weighted by atomic mass is 35.5. The number of hydrogen-bond acceptors (Lipinski definition) is 2. The summed E-state index contributed by atoms with van der Waals surface area (Å²) in [6.07, 6.45) is 1.39. The molecule has 3 heteroatoms. The predicted molar refractivity (Wildman–Crippen MR) is 53.8 cm³/mol. The SMILES string of the molecule is CC12CNCC(C)(CNC1)C2.Cl. The molecule has 0 saturated carbocycles. The normalized spacial score (nSPS) is 46.5. The molecule has 2 heterocycles. The van der Waals surface area contributed by atoms with Crippen molar-refractivity contribution in [1.29, 1.82) is 0 Å². The zero-order valence-electron chi connectivity index (χ0n) is 7.94. The van der Waals surface area contributed by atoms with Crippen LogP contribution in [0.25, 0.3) is 0 Å². The Balaban J connectivity index is 0.000000720. The molecule has 2 aliphatic heterocycles. The van der Waals surface area contributed by atoms with Crippen LogP contribution in [0.15, 0.2) is 0 Å². The van der Waals surface area contributed by atoms with E-state index in [9.17, 15) is 0 Å². The summed E-state index contributed by atoms with van der Waals surface area (Å²) in [7, 11) is 0. The molecule has 0 aliphatic carbocycles. The second-order valence-corrected chi connectivity index (χ2v) is 5.01. The molecule has 2 bridgehead atoms. The molecule has 2 N–H and O–H groups in total. The van der Waals surface area contributed by atoms with Gasteiger partial charge in [-0.15, -0.1) is 12.4 Å². The summed E-state index contributed by atoms with van der Waals surface area (Å²) in [5, 5.41) is 7.06. The molecule has 2 saturated heterocycles. The minimum Gasteiger partial charge on any atom is -0.316 e. The number of hydrogen-bond donors (Lipinski definition) is 2. The van der Waals surface area contributed by atoms with Gasteiger partial charge in [-0.2, -0.15) is 0 Å². The molecule has 2 rings (SSSR count). The van der Waals surface area contributed by atoms with E-state index >= 15 is 0 Å². The van der Waals surface area contributed by atoms with Gasteiger partial charge < -0.3 is 10.6 Å². The van der Waals surface area contributed by atoms with Crippen molar-refractivity contribution in [3.8, 4) is 0 Å². The summed E-state index contributed by atoms with van der Waals surface area (Å²) in [6, 6.07) is 0. The summed E-state index contributed by atoms with van der Waals surface area (Å²) in [4.78, 5) is 0. The van der Waals surface area contributed by atoms with Crippen LogP contribution in [0, 0.1) is 10.8 Å². The highest BCUT2D eigenvalue weighted by Gasteiger charge is 2.42. The van der Waals surface area contributed by atoms with E-state index < -0.39 is 0 Å². The molecule has 12 heavy (non-hydrogen) atoms. The Bertz CT molecular complexity index is 144. The topological polar surface area (TPSA) is 24.1 Å². The van der Waals surface area contributed by atoms with Crippen molar-refractivity contribution in [1.82, 2.24) is 10.6 Å². The Kier molecular flexibility index (Phi) is 2.72. The molecule has 0 unspecified atom stereocenters. The van der Waals surface area contributed by atoms with Crippen LogP contribution in [0.2, 0.25) is 0 Å². The van der Waals surface area contributed by atoms with Crippen LogP contribution in [0.4, 0.5) is 0 Å². The van der Waals surface area contributed by atoms with Gasteiger partial charge in [-0.25, -0.2) is 0 Å². The standard InChI is InChI=1S/C9H18N2.ClH/c1-8-3-9(2,6-10-4-8)7-11-5-8;/h10-11H,3-7H2,1-2H3;1H. The smallest absolute Gasteiger partial charge is 0.00178 e. The lowest BCUT2D eigenvalue weighted by Gasteiger charge is -2.49. The monoisotopic (exact) mass is 190 g/mol. The number of fused-ring (bicyclic) bond motifs is 2. The molecular weight excluding hydrogens is 172 g/mol. The lowest BCUT2D eigenvalue weighted by Crippen LogP contribution is -2.59. The molecule has 0 aromatic heterocycles. The van der Waals surface area contributed by atoms with Gasteiger partial charge in [-0.1, -0.05) is 13.8 Å². The Morgan fingerprint density at radius 1 is 0.833 bits per heavy atom. The van der Waals surface area contributed by atoms with Gasteiger partial charge in [-0.3, -0.25) is 0 Å². The van der Waals surface area contributed by atoms with Crippen LogP contribution < -0.4 is 10.6 Å². The molecular formula is C9H19ClN2. The average molecular weight is 191 g/mol. The number of halogens is 1. The van der Waals surface area contributed by atoms with Gasteiger partial charge in [0.1, 0.15) is 0 Å².